The summed E-state index contributed by atoms with van der Waals surface area (Å²) in [6.07, 6.45) is 1.89. The molecule has 0 aromatic heterocycles. The Morgan fingerprint density at radius 2 is 1.46 bits per heavy atom. The van der Waals surface area contributed by atoms with Crippen molar-refractivity contribution in [3.63, 3.8) is 0 Å². The molecule has 1 aliphatic carbocycles. The molecule has 0 bridgehead atoms. The number of hydrogen-bond donors (Lipinski definition) is 1. The van der Waals surface area contributed by atoms with Gasteiger partial charge in [-0.05, 0) is 24.1 Å². The van der Waals surface area contributed by atoms with Crippen LogP contribution in [-0.4, -0.2) is 17.6 Å². The Hall–Kier alpha value is -3.33. The number of aromatic nitrogens is 1. The van der Waals surface area contributed by atoms with Crippen LogP contribution in [0.2, 0.25) is 0 Å². The van der Waals surface area contributed by atoms with Crippen LogP contribution in [0.3, 0.4) is 0 Å². The molecule has 0 saturated carbocycles. The van der Waals surface area contributed by atoms with Gasteiger partial charge in [0.25, 0.3) is 0 Å². The van der Waals surface area contributed by atoms with Crippen molar-refractivity contribution in [1.29, 1.82) is 0 Å². The molecular formula is C23H19NO2. The summed E-state index contributed by atoms with van der Waals surface area (Å²) < 4.78 is 5.43. The smallest absolute Gasteiger partial charge is 0.339 e. The molecule has 2 aromatic rings. The summed E-state index contributed by atoms with van der Waals surface area (Å²) in [5.41, 5.74) is 6.36. The van der Waals surface area contributed by atoms with Crippen molar-refractivity contribution >= 4 is 5.97 Å². The number of aromatic amines is 1. The lowest BCUT2D eigenvalue weighted by molar-refractivity contribution is 0.0528. The molecule has 0 amide bonds. The second-order valence-corrected chi connectivity index (χ2v) is 6.04. The first-order valence-corrected chi connectivity index (χ1v) is 8.72. The fraction of sp³-hybridized carbons (Fsp3) is 0.0870. The number of esters is 1. The Labute approximate surface area is 152 Å². The quantitative estimate of drug-likeness (QED) is 0.489. The fourth-order valence-corrected chi connectivity index (χ4v) is 3.44. The van der Waals surface area contributed by atoms with Crippen LogP contribution in [0, 0.1) is 0 Å². The SMILES string of the molecule is CCOC(=O)c1c(-c2ccccc2)c2ccc[nH]c-2c1-c1ccccc1. The summed E-state index contributed by atoms with van der Waals surface area (Å²) in [5, 5.41) is 0. The number of rotatable bonds is 4. The van der Waals surface area contributed by atoms with E-state index in [4.69, 9.17) is 4.74 Å². The van der Waals surface area contributed by atoms with Crippen molar-refractivity contribution in [2.75, 3.05) is 6.61 Å². The molecule has 0 atom stereocenters. The van der Waals surface area contributed by atoms with Gasteiger partial charge in [-0.25, -0.2) is 4.79 Å². The average molecular weight is 341 g/mol. The van der Waals surface area contributed by atoms with Gasteiger partial charge in [-0.15, -0.1) is 0 Å². The number of carbonyl (C=O) groups excluding carboxylic acids is 1. The van der Waals surface area contributed by atoms with E-state index < -0.39 is 0 Å². The van der Waals surface area contributed by atoms with Crippen LogP contribution in [0.15, 0.2) is 79.0 Å². The van der Waals surface area contributed by atoms with Gasteiger partial charge in [0.15, 0.2) is 0 Å². The average Bonchev–Trinajstić information content (AvgIpc) is 3.05. The number of hydrogen-bond acceptors (Lipinski definition) is 2. The maximum Gasteiger partial charge on any atom is 0.339 e. The van der Waals surface area contributed by atoms with Crippen molar-refractivity contribution in [2.45, 2.75) is 6.92 Å². The second kappa shape index (κ2) is 6.89. The highest BCUT2D eigenvalue weighted by Crippen LogP contribution is 2.47. The van der Waals surface area contributed by atoms with Crippen molar-refractivity contribution in [1.82, 2.24) is 4.98 Å². The minimum Gasteiger partial charge on any atom is -0.462 e. The molecular weight excluding hydrogens is 322 g/mol. The number of benzene rings is 2. The van der Waals surface area contributed by atoms with Gasteiger partial charge in [0.1, 0.15) is 0 Å². The molecule has 4 rings (SSSR count). The van der Waals surface area contributed by atoms with Crippen LogP contribution in [0.25, 0.3) is 33.5 Å². The molecule has 26 heavy (non-hydrogen) atoms. The molecule has 3 nitrogen and oxygen atoms in total. The number of nitrogens with one attached hydrogen (secondary N) is 1. The molecule has 3 heteroatoms. The monoisotopic (exact) mass is 341 g/mol. The van der Waals surface area contributed by atoms with E-state index in [9.17, 15) is 4.79 Å². The van der Waals surface area contributed by atoms with Gasteiger partial charge in [-0.2, -0.15) is 0 Å². The highest BCUT2D eigenvalue weighted by Gasteiger charge is 2.30. The van der Waals surface area contributed by atoms with E-state index in [0.717, 1.165) is 33.5 Å². The van der Waals surface area contributed by atoms with E-state index in [2.05, 4.69) is 4.98 Å². The van der Waals surface area contributed by atoms with E-state index in [1.165, 1.54) is 0 Å². The zero-order valence-corrected chi connectivity index (χ0v) is 14.5. The summed E-state index contributed by atoms with van der Waals surface area (Å²) >= 11 is 0. The van der Waals surface area contributed by atoms with Gasteiger partial charge in [0.2, 0.25) is 0 Å². The van der Waals surface area contributed by atoms with E-state index in [-0.39, 0.29) is 5.97 Å². The molecule has 128 valence electrons. The Morgan fingerprint density at radius 1 is 0.846 bits per heavy atom. The van der Waals surface area contributed by atoms with Gasteiger partial charge in [0, 0.05) is 22.9 Å². The molecule has 1 aliphatic heterocycles. The fourth-order valence-electron chi connectivity index (χ4n) is 3.44. The molecule has 2 aliphatic rings. The van der Waals surface area contributed by atoms with Gasteiger partial charge < -0.3 is 9.72 Å². The summed E-state index contributed by atoms with van der Waals surface area (Å²) in [4.78, 5) is 16.3. The van der Waals surface area contributed by atoms with Gasteiger partial charge in [-0.1, -0.05) is 66.7 Å². The number of pyridine rings is 1. The van der Waals surface area contributed by atoms with Crippen LogP contribution in [-0.2, 0) is 4.74 Å². The highest BCUT2D eigenvalue weighted by molar-refractivity contribution is 6.13. The van der Waals surface area contributed by atoms with E-state index in [0.29, 0.717) is 12.2 Å². The van der Waals surface area contributed by atoms with Crippen molar-refractivity contribution in [2.24, 2.45) is 0 Å². The van der Waals surface area contributed by atoms with E-state index in [1.807, 2.05) is 85.9 Å². The van der Waals surface area contributed by atoms with Crippen LogP contribution >= 0.6 is 0 Å². The first-order valence-electron chi connectivity index (χ1n) is 8.72. The van der Waals surface area contributed by atoms with Crippen LogP contribution in [0.1, 0.15) is 17.3 Å². The highest BCUT2D eigenvalue weighted by atomic mass is 16.5. The van der Waals surface area contributed by atoms with Crippen LogP contribution < -0.4 is 0 Å². The molecule has 2 aromatic carbocycles. The summed E-state index contributed by atoms with van der Waals surface area (Å²) in [6, 6.07) is 24.0. The van der Waals surface area contributed by atoms with E-state index in [1.54, 1.807) is 0 Å². The first kappa shape index (κ1) is 16.2. The second-order valence-electron chi connectivity index (χ2n) is 6.04. The lowest BCUT2D eigenvalue weighted by atomic mass is 9.99. The minimum absolute atomic E-state index is 0.296. The third-order valence-electron chi connectivity index (χ3n) is 4.48. The molecule has 0 fully saturated rings. The van der Waals surface area contributed by atoms with Crippen LogP contribution in [0.5, 0.6) is 0 Å². The van der Waals surface area contributed by atoms with E-state index >= 15 is 0 Å². The molecule has 1 heterocycles. The van der Waals surface area contributed by atoms with Gasteiger partial charge >= 0.3 is 5.97 Å². The zero-order valence-electron chi connectivity index (χ0n) is 14.5. The van der Waals surface area contributed by atoms with Crippen molar-refractivity contribution < 1.29 is 9.53 Å². The Morgan fingerprint density at radius 3 is 2.08 bits per heavy atom. The number of fused-ring (bicyclic) bond motifs is 1. The maximum absolute atomic E-state index is 13.0. The molecule has 0 saturated heterocycles. The lowest BCUT2D eigenvalue weighted by Gasteiger charge is -2.08. The summed E-state index contributed by atoms with van der Waals surface area (Å²) in [7, 11) is 0. The normalized spacial score (nSPS) is 10.8. The number of carbonyl (C=O) groups is 1. The first-order chi connectivity index (χ1) is 12.8. The summed E-state index contributed by atoms with van der Waals surface area (Å²) in [5.74, 6) is -0.296. The maximum atomic E-state index is 13.0. The third-order valence-corrected chi connectivity index (χ3v) is 4.48. The van der Waals surface area contributed by atoms with Gasteiger partial charge in [-0.3, -0.25) is 0 Å². The Kier molecular flexibility index (Phi) is 4.28. The molecule has 0 radical (unpaired) electrons. The van der Waals surface area contributed by atoms with Crippen molar-refractivity contribution in [3.05, 3.63) is 84.6 Å². The Balaban J connectivity index is 2.10. The Bertz CT molecular complexity index is 930. The van der Waals surface area contributed by atoms with Gasteiger partial charge in [0.05, 0.1) is 17.9 Å². The topological polar surface area (TPSA) is 42.1 Å². The summed E-state index contributed by atoms with van der Waals surface area (Å²) in [6.45, 7) is 2.17. The predicted molar refractivity (Wildman–Crippen MR) is 104 cm³/mol. The minimum atomic E-state index is -0.296. The third kappa shape index (κ3) is 2.68. The largest absolute Gasteiger partial charge is 0.462 e. The zero-order chi connectivity index (χ0) is 17.9. The number of H-pyrrole nitrogens is 1. The number of ether oxygens (including phenoxy) is 1. The van der Waals surface area contributed by atoms with Crippen LogP contribution in [0.4, 0.5) is 0 Å². The standard InChI is InChI=1S/C23H19NO2/c1-2-26-23(25)21-19(16-10-5-3-6-11-16)18-14-9-15-24-22(18)20(21)17-12-7-4-8-13-17/h3-15,24H,2H2,1H3. The molecule has 1 N–H and O–H groups in total. The molecule has 0 spiro atoms. The lowest BCUT2D eigenvalue weighted by Crippen LogP contribution is -2.06. The molecule has 0 unspecified atom stereocenters. The predicted octanol–water partition coefficient (Wildman–Crippen LogP) is 5.63. The van der Waals surface area contributed by atoms with Crippen molar-refractivity contribution in [3.8, 4) is 33.5 Å².